The molecule has 0 radical (unpaired) electrons. The van der Waals surface area contributed by atoms with Crippen molar-refractivity contribution in [3.05, 3.63) is 52.2 Å². The maximum absolute atomic E-state index is 12.3. The van der Waals surface area contributed by atoms with Crippen LogP contribution in [-0.2, 0) is 11.2 Å². The molecule has 1 aromatic heterocycles. The smallest absolute Gasteiger partial charge is 0.264 e. The van der Waals surface area contributed by atoms with Gasteiger partial charge in [-0.05, 0) is 35.6 Å². The minimum atomic E-state index is -0.0362. The van der Waals surface area contributed by atoms with Crippen molar-refractivity contribution in [2.24, 2.45) is 0 Å². The van der Waals surface area contributed by atoms with Crippen LogP contribution in [0.2, 0.25) is 0 Å². The molecule has 0 bridgehead atoms. The van der Waals surface area contributed by atoms with Gasteiger partial charge >= 0.3 is 0 Å². The Labute approximate surface area is 158 Å². The van der Waals surface area contributed by atoms with Crippen LogP contribution in [0.1, 0.15) is 28.6 Å². The lowest BCUT2D eigenvalue weighted by molar-refractivity contribution is -0.134. The molecular formula is C20H24N2O3S. The Morgan fingerprint density at radius 1 is 1.04 bits per heavy atom. The molecule has 3 rings (SSSR count). The number of ether oxygens (including phenoxy) is 1. The van der Waals surface area contributed by atoms with Gasteiger partial charge in [-0.25, -0.2) is 0 Å². The summed E-state index contributed by atoms with van der Waals surface area (Å²) in [7, 11) is 0. The van der Waals surface area contributed by atoms with Crippen LogP contribution in [0, 0.1) is 0 Å². The van der Waals surface area contributed by atoms with E-state index in [0.29, 0.717) is 31.9 Å². The monoisotopic (exact) mass is 372 g/mol. The highest BCUT2D eigenvalue weighted by Gasteiger charge is 2.25. The largest absolute Gasteiger partial charge is 0.484 e. The lowest BCUT2D eigenvalue weighted by atomic mass is 10.1. The summed E-state index contributed by atoms with van der Waals surface area (Å²) in [6.45, 7) is 4.41. The molecule has 0 atom stereocenters. The van der Waals surface area contributed by atoms with Crippen LogP contribution < -0.4 is 4.74 Å². The highest BCUT2D eigenvalue weighted by molar-refractivity contribution is 7.12. The van der Waals surface area contributed by atoms with Crippen molar-refractivity contribution < 1.29 is 14.3 Å². The minimum absolute atomic E-state index is 0.0337. The van der Waals surface area contributed by atoms with Gasteiger partial charge in [0.15, 0.2) is 6.61 Å². The van der Waals surface area contributed by atoms with E-state index in [4.69, 9.17) is 4.74 Å². The van der Waals surface area contributed by atoms with E-state index in [1.54, 1.807) is 4.90 Å². The normalized spacial score (nSPS) is 14.3. The van der Waals surface area contributed by atoms with Crippen LogP contribution in [0.3, 0.4) is 0 Å². The van der Waals surface area contributed by atoms with Gasteiger partial charge in [0.1, 0.15) is 5.75 Å². The summed E-state index contributed by atoms with van der Waals surface area (Å²) in [5, 5.41) is 1.90. The standard InChI is InChI=1S/C20H24N2O3S/c1-2-4-16-6-8-17(9-7-16)25-15-19(23)21-10-12-22(13-11-21)20(24)18-5-3-14-26-18/h3,5-9,14H,2,4,10-13,15H2,1H3. The summed E-state index contributed by atoms with van der Waals surface area (Å²) in [5.41, 5.74) is 1.28. The van der Waals surface area contributed by atoms with E-state index < -0.39 is 0 Å². The molecule has 0 aliphatic carbocycles. The molecule has 0 spiro atoms. The van der Waals surface area contributed by atoms with E-state index >= 15 is 0 Å². The summed E-state index contributed by atoms with van der Waals surface area (Å²) in [4.78, 5) is 29.0. The van der Waals surface area contributed by atoms with E-state index in [2.05, 4.69) is 6.92 Å². The average Bonchev–Trinajstić information content (AvgIpc) is 3.22. The number of benzene rings is 1. The van der Waals surface area contributed by atoms with Crippen molar-refractivity contribution in [3.8, 4) is 5.75 Å². The molecule has 1 aliphatic heterocycles. The van der Waals surface area contributed by atoms with Gasteiger partial charge < -0.3 is 14.5 Å². The van der Waals surface area contributed by atoms with Gasteiger partial charge in [-0.3, -0.25) is 9.59 Å². The molecule has 2 aromatic rings. The maximum atomic E-state index is 12.3. The SMILES string of the molecule is CCCc1ccc(OCC(=O)N2CCN(C(=O)c3cccs3)CC2)cc1. The van der Waals surface area contributed by atoms with Crippen LogP contribution in [0.5, 0.6) is 5.75 Å². The third-order valence-electron chi connectivity index (χ3n) is 4.48. The van der Waals surface area contributed by atoms with Crippen molar-refractivity contribution in [1.29, 1.82) is 0 Å². The highest BCUT2D eigenvalue weighted by atomic mass is 32.1. The lowest BCUT2D eigenvalue weighted by Gasteiger charge is -2.34. The maximum Gasteiger partial charge on any atom is 0.264 e. The minimum Gasteiger partial charge on any atom is -0.484 e. The molecule has 0 N–H and O–H groups in total. The number of hydrogen-bond donors (Lipinski definition) is 0. The zero-order chi connectivity index (χ0) is 18.4. The number of nitrogens with zero attached hydrogens (tertiary/aromatic N) is 2. The van der Waals surface area contributed by atoms with Crippen molar-refractivity contribution >= 4 is 23.2 Å². The molecule has 138 valence electrons. The second-order valence-corrected chi connectivity index (χ2v) is 7.28. The first kappa shape index (κ1) is 18.5. The molecule has 1 aliphatic rings. The quantitative estimate of drug-likeness (QED) is 0.783. The first-order valence-corrected chi connectivity index (χ1v) is 9.87. The third-order valence-corrected chi connectivity index (χ3v) is 5.33. The third kappa shape index (κ3) is 4.64. The summed E-state index contributed by atoms with van der Waals surface area (Å²) in [5.74, 6) is 0.728. The molecule has 5 nitrogen and oxygen atoms in total. The Balaban J connectivity index is 1.44. The van der Waals surface area contributed by atoms with Crippen LogP contribution in [-0.4, -0.2) is 54.4 Å². The van der Waals surface area contributed by atoms with Crippen LogP contribution >= 0.6 is 11.3 Å². The first-order chi connectivity index (χ1) is 12.7. The number of hydrogen-bond acceptors (Lipinski definition) is 4. The lowest BCUT2D eigenvalue weighted by Crippen LogP contribution is -2.51. The number of carbonyl (C=O) groups excluding carboxylic acids is 2. The summed E-state index contributed by atoms with van der Waals surface area (Å²) in [6.07, 6.45) is 2.16. The van der Waals surface area contributed by atoms with Crippen molar-refractivity contribution in [3.63, 3.8) is 0 Å². The second-order valence-electron chi connectivity index (χ2n) is 6.33. The molecule has 1 fully saturated rings. The number of carbonyl (C=O) groups is 2. The predicted octanol–water partition coefficient (Wildman–Crippen LogP) is 3.06. The van der Waals surface area contributed by atoms with E-state index in [0.717, 1.165) is 17.7 Å². The van der Waals surface area contributed by atoms with E-state index in [-0.39, 0.29) is 18.4 Å². The fourth-order valence-corrected chi connectivity index (χ4v) is 3.68. The molecular weight excluding hydrogens is 348 g/mol. The van der Waals surface area contributed by atoms with E-state index in [1.807, 2.05) is 46.7 Å². The fraction of sp³-hybridized carbons (Fsp3) is 0.400. The van der Waals surface area contributed by atoms with Gasteiger partial charge in [0.05, 0.1) is 4.88 Å². The molecule has 6 heteroatoms. The van der Waals surface area contributed by atoms with E-state index in [1.165, 1.54) is 16.9 Å². The first-order valence-electron chi connectivity index (χ1n) is 8.99. The number of thiophene rings is 1. The number of rotatable bonds is 6. The number of piperazine rings is 1. The summed E-state index contributed by atoms with van der Waals surface area (Å²) < 4.78 is 5.62. The zero-order valence-corrected chi connectivity index (χ0v) is 15.8. The molecule has 1 saturated heterocycles. The fourth-order valence-electron chi connectivity index (χ4n) is 2.99. The zero-order valence-electron chi connectivity index (χ0n) is 15.0. The van der Waals surface area contributed by atoms with Gasteiger partial charge in [0.25, 0.3) is 11.8 Å². The van der Waals surface area contributed by atoms with Gasteiger partial charge in [-0.15, -0.1) is 11.3 Å². The number of amides is 2. The Morgan fingerprint density at radius 3 is 2.35 bits per heavy atom. The summed E-state index contributed by atoms with van der Waals surface area (Å²) in [6, 6.07) is 11.6. The summed E-state index contributed by atoms with van der Waals surface area (Å²) >= 11 is 1.45. The van der Waals surface area contributed by atoms with Crippen molar-refractivity contribution in [1.82, 2.24) is 9.80 Å². The Bertz CT molecular complexity index is 720. The second kappa shape index (κ2) is 8.85. The van der Waals surface area contributed by atoms with Crippen molar-refractivity contribution in [2.75, 3.05) is 32.8 Å². The Morgan fingerprint density at radius 2 is 1.73 bits per heavy atom. The molecule has 26 heavy (non-hydrogen) atoms. The van der Waals surface area contributed by atoms with Gasteiger partial charge in [-0.1, -0.05) is 31.5 Å². The Hall–Kier alpha value is -2.34. The molecule has 2 amide bonds. The predicted molar refractivity (Wildman–Crippen MR) is 103 cm³/mol. The van der Waals surface area contributed by atoms with Crippen LogP contribution in [0.25, 0.3) is 0 Å². The Kier molecular flexibility index (Phi) is 6.28. The van der Waals surface area contributed by atoms with Crippen molar-refractivity contribution in [2.45, 2.75) is 19.8 Å². The molecule has 1 aromatic carbocycles. The van der Waals surface area contributed by atoms with Gasteiger partial charge in [0, 0.05) is 26.2 Å². The van der Waals surface area contributed by atoms with E-state index in [9.17, 15) is 9.59 Å². The number of aryl methyl sites for hydroxylation is 1. The topological polar surface area (TPSA) is 49.9 Å². The molecule has 0 saturated carbocycles. The van der Waals surface area contributed by atoms with Gasteiger partial charge in [-0.2, -0.15) is 0 Å². The highest BCUT2D eigenvalue weighted by Crippen LogP contribution is 2.15. The average molecular weight is 372 g/mol. The van der Waals surface area contributed by atoms with Crippen LogP contribution in [0.4, 0.5) is 0 Å². The van der Waals surface area contributed by atoms with Gasteiger partial charge in [0.2, 0.25) is 0 Å². The molecule has 2 heterocycles. The van der Waals surface area contributed by atoms with Crippen LogP contribution in [0.15, 0.2) is 41.8 Å². The molecule has 0 unspecified atom stereocenters.